The average Bonchev–Trinajstić information content (AvgIpc) is 2.71. The Hall–Kier alpha value is 0.270. The van der Waals surface area contributed by atoms with Gasteiger partial charge in [-0.25, -0.2) is 0 Å². The van der Waals surface area contributed by atoms with Crippen LogP contribution < -0.4 is 0 Å². The van der Waals surface area contributed by atoms with Gasteiger partial charge in [-0.05, 0) is 43.3 Å². The normalized spacial score (nSPS) is 42.4. The van der Waals surface area contributed by atoms with E-state index in [9.17, 15) is 10.2 Å². The third kappa shape index (κ3) is 2.52. The van der Waals surface area contributed by atoms with E-state index in [-0.39, 0.29) is 12.0 Å². The maximum atomic E-state index is 11.1. The number of rotatable bonds is 2. The van der Waals surface area contributed by atoms with Crippen LogP contribution in [-0.2, 0) is 0 Å². The summed E-state index contributed by atoms with van der Waals surface area (Å²) in [5, 5.41) is 20.8. The molecule has 0 bridgehead atoms. The summed E-state index contributed by atoms with van der Waals surface area (Å²) in [6.07, 6.45) is 6.08. The molecule has 2 atom stereocenters. The Balaban J connectivity index is 2.17. The summed E-state index contributed by atoms with van der Waals surface area (Å²) >= 11 is 1.88. The van der Waals surface area contributed by atoms with Crippen LogP contribution in [0.1, 0.15) is 52.4 Å². The Morgan fingerprint density at radius 2 is 1.82 bits per heavy atom. The Bertz CT molecular complexity index is 271. The topological polar surface area (TPSA) is 40.5 Å². The lowest BCUT2D eigenvalue weighted by Gasteiger charge is -2.43. The van der Waals surface area contributed by atoms with Gasteiger partial charge in [-0.3, -0.25) is 0 Å². The molecule has 1 aliphatic heterocycles. The van der Waals surface area contributed by atoms with E-state index < -0.39 is 5.60 Å². The molecule has 0 amide bonds. The number of hydrogen-bond donors (Lipinski definition) is 2. The molecule has 2 fully saturated rings. The molecule has 1 aliphatic carbocycles. The SMILES string of the molecule is CC1(C)CCCC(O)(C2(CO)CCSC2)CC1. The van der Waals surface area contributed by atoms with E-state index in [0.29, 0.717) is 5.41 Å². The quantitative estimate of drug-likeness (QED) is 0.748. The van der Waals surface area contributed by atoms with Gasteiger partial charge in [0.05, 0.1) is 12.2 Å². The fraction of sp³-hybridized carbons (Fsp3) is 1.00. The fourth-order valence-corrected chi connectivity index (χ4v) is 5.01. The monoisotopic (exact) mass is 258 g/mol. The van der Waals surface area contributed by atoms with Gasteiger partial charge in [0, 0.05) is 11.2 Å². The summed E-state index contributed by atoms with van der Waals surface area (Å²) in [5.74, 6) is 2.02. The molecule has 2 nitrogen and oxygen atoms in total. The first kappa shape index (κ1) is 13.7. The van der Waals surface area contributed by atoms with Crippen molar-refractivity contribution in [3.05, 3.63) is 0 Å². The minimum absolute atomic E-state index is 0.150. The van der Waals surface area contributed by atoms with Crippen LogP contribution in [0.25, 0.3) is 0 Å². The largest absolute Gasteiger partial charge is 0.396 e. The van der Waals surface area contributed by atoms with Crippen LogP contribution in [-0.4, -0.2) is 33.9 Å². The molecule has 1 saturated heterocycles. The molecule has 100 valence electrons. The minimum atomic E-state index is -0.626. The van der Waals surface area contributed by atoms with E-state index in [1.807, 2.05) is 11.8 Å². The molecule has 2 aliphatic rings. The zero-order valence-corrected chi connectivity index (χ0v) is 12.0. The predicted molar refractivity (Wildman–Crippen MR) is 73.3 cm³/mol. The van der Waals surface area contributed by atoms with Gasteiger partial charge in [-0.2, -0.15) is 11.8 Å². The van der Waals surface area contributed by atoms with Crippen LogP contribution in [0.4, 0.5) is 0 Å². The summed E-state index contributed by atoms with van der Waals surface area (Å²) < 4.78 is 0. The van der Waals surface area contributed by atoms with Crippen LogP contribution in [0, 0.1) is 10.8 Å². The first-order chi connectivity index (χ1) is 7.93. The highest BCUT2D eigenvalue weighted by Crippen LogP contribution is 2.51. The van der Waals surface area contributed by atoms with E-state index in [1.54, 1.807) is 0 Å². The Kier molecular flexibility index (Phi) is 3.82. The summed E-state index contributed by atoms with van der Waals surface area (Å²) in [4.78, 5) is 0. The lowest BCUT2D eigenvalue weighted by atomic mass is 9.67. The van der Waals surface area contributed by atoms with Crippen molar-refractivity contribution < 1.29 is 10.2 Å². The van der Waals surface area contributed by atoms with Gasteiger partial charge in [-0.15, -0.1) is 0 Å². The molecule has 1 saturated carbocycles. The summed E-state index contributed by atoms with van der Waals surface area (Å²) in [5.41, 5.74) is -0.496. The smallest absolute Gasteiger partial charge is 0.0734 e. The third-order valence-corrected chi connectivity index (χ3v) is 6.30. The van der Waals surface area contributed by atoms with E-state index in [4.69, 9.17) is 0 Å². The molecule has 0 aromatic carbocycles. The van der Waals surface area contributed by atoms with Gasteiger partial charge in [0.15, 0.2) is 0 Å². The van der Waals surface area contributed by atoms with E-state index in [2.05, 4.69) is 13.8 Å². The third-order valence-electron chi connectivity index (χ3n) is 5.05. The van der Waals surface area contributed by atoms with Gasteiger partial charge >= 0.3 is 0 Å². The number of aliphatic hydroxyl groups excluding tert-OH is 1. The van der Waals surface area contributed by atoms with Crippen LogP contribution in [0.2, 0.25) is 0 Å². The van der Waals surface area contributed by atoms with Crippen molar-refractivity contribution in [1.29, 1.82) is 0 Å². The van der Waals surface area contributed by atoms with Crippen molar-refractivity contribution in [3.63, 3.8) is 0 Å². The standard InChI is InChI=1S/C14H26O2S/c1-12(2)4-3-5-14(16,7-6-12)13(10-15)8-9-17-11-13/h15-16H,3-11H2,1-2H3. The minimum Gasteiger partial charge on any atom is -0.396 e. The zero-order valence-electron chi connectivity index (χ0n) is 11.2. The number of thioether (sulfide) groups is 1. The molecular formula is C14H26O2S. The van der Waals surface area contributed by atoms with Crippen molar-refractivity contribution in [1.82, 2.24) is 0 Å². The summed E-state index contributed by atoms with van der Waals surface area (Å²) in [6, 6.07) is 0. The summed E-state index contributed by atoms with van der Waals surface area (Å²) in [6.45, 7) is 4.75. The van der Waals surface area contributed by atoms with Gasteiger partial charge in [-0.1, -0.05) is 20.3 Å². The van der Waals surface area contributed by atoms with Crippen molar-refractivity contribution in [2.24, 2.45) is 10.8 Å². The highest BCUT2D eigenvalue weighted by Gasteiger charge is 2.52. The molecule has 17 heavy (non-hydrogen) atoms. The van der Waals surface area contributed by atoms with Crippen LogP contribution in [0.3, 0.4) is 0 Å². The molecule has 0 aromatic rings. The van der Waals surface area contributed by atoms with Gasteiger partial charge in [0.1, 0.15) is 0 Å². The maximum absolute atomic E-state index is 11.1. The lowest BCUT2D eigenvalue weighted by Crippen LogP contribution is -2.50. The first-order valence-corrected chi connectivity index (χ1v) is 8.00. The van der Waals surface area contributed by atoms with E-state index >= 15 is 0 Å². The molecular weight excluding hydrogens is 232 g/mol. The highest BCUT2D eigenvalue weighted by atomic mass is 32.2. The van der Waals surface area contributed by atoms with Gasteiger partial charge in [0.2, 0.25) is 0 Å². The molecule has 2 N–H and O–H groups in total. The highest BCUT2D eigenvalue weighted by molar-refractivity contribution is 7.99. The Labute approximate surface area is 109 Å². The van der Waals surface area contributed by atoms with Crippen molar-refractivity contribution in [3.8, 4) is 0 Å². The second kappa shape index (κ2) is 4.75. The average molecular weight is 258 g/mol. The molecule has 0 aromatic heterocycles. The molecule has 0 radical (unpaired) electrons. The Morgan fingerprint density at radius 3 is 2.41 bits per heavy atom. The molecule has 2 unspecified atom stereocenters. The van der Waals surface area contributed by atoms with Crippen LogP contribution >= 0.6 is 11.8 Å². The maximum Gasteiger partial charge on any atom is 0.0734 e. The second-order valence-corrected chi connectivity index (χ2v) is 7.90. The van der Waals surface area contributed by atoms with E-state index in [0.717, 1.165) is 43.6 Å². The fourth-order valence-electron chi connectivity index (χ4n) is 3.43. The number of aliphatic hydroxyl groups is 2. The first-order valence-electron chi connectivity index (χ1n) is 6.84. The van der Waals surface area contributed by atoms with Crippen molar-refractivity contribution in [2.45, 2.75) is 58.0 Å². The van der Waals surface area contributed by atoms with Crippen LogP contribution in [0.15, 0.2) is 0 Å². The lowest BCUT2D eigenvalue weighted by molar-refractivity contribution is -0.107. The van der Waals surface area contributed by atoms with E-state index in [1.165, 1.54) is 6.42 Å². The zero-order chi connectivity index (χ0) is 12.6. The van der Waals surface area contributed by atoms with Crippen LogP contribution in [0.5, 0.6) is 0 Å². The summed E-state index contributed by atoms with van der Waals surface area (Å²) in [7, 11) is 0. The molecule has 2 rings (SSSR count). The van der Waals surface area contributed by atoms with Crippen molar-refractivity contribution in [2.75, 3.05) is 18.1 Å². The molecule has 0 spiro atoms. The van der Waals surface area contributed by atoms with Crippen molar-refractivity contribution >= 4 is 11.8 Å². The predicted octanol–water partition coefficient (Wildman–Crippen LogP) is 2.82. The Morgan fingerprint density at radius 1 is 1.06 bits per heavy atom. The second-order valence-electron chi connectivity index (χ2n) is 6.79. The van der Waals surface area contributed by atoms with Gasteiger partial charge < -0.3 is 10.2 Å². The number of hydrogen-bond acceptors (Lipinski definition) is 3. The molecule has 1 heterocycles. The van der Waals surface area contributed by atoms with Gasteiger partial charge in [0.25, 0.3) is 0 Å². The molecule has 3 heteroatoms.